The summed E-state index contributed by atoms with van der Waals surface area (Å²) in [6.07, 6.45) is -4.09. The summed E-state index contributed by atoms with van der Waals surface area (Å²) in [5.41, 5.74) is -1.01. The van der Waals surface area contributed by atoms with Gasteiger partial charge in [0.05, 0.1) is 11.9 Å². The van der Waals surface area contributed by atoms with Gasteiger partial charge >= 0.3 is 12.1 Å². The van der Waals surface area contributed by atoms with Crippen molar-refractivity contribution in [3.8, 4) is 5.69 Å². The fraction of sp³-hybridized carbons (Fsp3) is 0.286. The second kappa shape index (κ2) is 5.23. The van der Waals surface area contributed by atoms with E-state index in [-0.39, 0.29) is 11.6 Å². The van der Waals surface area contributed by atoms with Crippen LogP contribution >= 0.6 is 0 Å². The molecule has 112 valence electrons. The summed E-state index contributed by atoms with van der Waals surface area (Å²) in [5.74, 6) is -1.42. The predicted octanol–water partition coefficient (Wildman–Crippen LogP) is 3.71. The number of hydrogen-bond acceptors (Lipinski definition) is 2. The van der Waals surface area contributed by atoms with Gasteiger partial charge in [0.15, 0.2) is 5.69 Å². The zero-order valence-electron chi connectivity index (χ0n) is 11.3. The molecule has 0 atom stereocenters. The Morgan fingerprint density at radius 2 is 1.81 bits per heavy atom. The van der Waals surface area contributed by atoms with Crippen molar-refractivity contribution in [3.63, 3.8) is 0 Å². The summed E-state index contributed by atoms with van der Waals surface area (Å²) in [6.45, 7) is 3.93. The average molecular weight is 298 g/mol. The molecule has 0 aliphatic heterocycles. The first-order valence-electron chi connectivity index (χ1n) is 6.20. The number of hydrogen-bond donors (Lipinski definition) is 1. The molecular weight excluding hydrogens is 285 g/mol. The van der Waals surface area contributed by atoms with Crippen molar-refractivity contribution in [1.82, 2.24) is 9.78 Å². The molecule has 0 amide bonds. The van der Waals surface area contributed by atoms with Crippen molar-refractivity contribution in [2.24, 2.45) is 0 Å². The number of carboxylic acid groups (broad SMARTS) is 1. The third kappa shape index (κ3) is 2.91. The number of rotatable bonds is 3. The molecule has 1 aromatic heterocycles. The van der Waals surface area contributed by atoms with Crippen LogP contribution in [-0.4, -0.2) is 20.9 Å². The smallest absolute Gasteiger partial charge is 0.434 e. The summed E-state index contributed by atoms with van der Waals surface area (Å²) in [6, 6.07) is 6.37. The average Bonchev–Trinajstić information content (AvgIpc) is 2.83. The molecule has 1 heterocycles. The highest BCUT2D eigenvalue weighted by molar-refractivity contribution is 5.89. The van der Waals surface area contributed by atoms with Crippen LogP contribution < -0.4 is 0 Å². The lowest BCUT2D eigenvalue weighted by Gasteiger charge is -2.12. The minimum absolute atomic E-state index is 0.166. The van der Waals surface area contributed by atoms with Crippen LogP contribution in [0.4, 0.5) is 13.2 Å². The molecule has 0 saturated heterocycles. The van der Waals surface area contributed by atoms with Crippen LogP contribution in [0, 0.1) is 0 Å². The second-order valence-electron chi connectivity index (χ2n) is 4.87. The molecule has 1 N–H and O–H groups in total. The van der Waals surface area contributed by atoms with Gasteiger partial charge < -0.3 is 5.11 Å². The summed E-state index contributed by atoms with van der Waals surface area (Å²) in [7, 11) is 0. The quantitative estimate of drug-likeness (QED) is 0.939. The van der Waals surface area contributed by atoms with Gasteiger partial charge in [0.25, 0.3) is 0 Å². The maximum Gasteiger partial charge on any atom is 0.434 e. The maximum absolute atomic E-state index is 13.1. The molecule has 7 heteroatoms. The first kappa shape index (κ1) is 15.1. The van der Waals surface area contributed by atoms with Crippen LogP contribution in [-0.2, 0) is 6.18 Å². The monoisotopic (exact) mass is 298 g/mol. The summed E-state index contributed by atoms with van der Waals surface area (Å²) in [4.78, 5) is 10.9. The van der Waals surface area contributed by atoms with Crippen molar-refractivity contribution in [2.45, 2.75) is 25.9 Å². The Kier molecular flexibility index (Phi) is 3.76. The van der Waals surface area contributed by atoms with E-state index < -0.39 is 23.4 Å². The number of benzene rings is 1. The topological polar surface area (TPSA) is 55.1 Å². The molecular formula is C14H13F3N2O2. The van der Waals surface area contributed by atoms with Crippen LogP contribution in [0.15, 0.2) is 30.5 Å². The lowest BCUT2D eigenvalue weighted by Crippen LogP contribution is -2.17. The molecule has 0 bridgehead atoms. The number of alkyl halides is 3. The Hall–Kier alpha value is -2.31. The van der Waals surface area contributed by atoms with Gasteiger partial charge in [-0.15, -0.1) is 0 Å². The van der Waals surface area contributed by atoms with Gasteiger partial charge in [-0.05, 0) is 23.6 Å². The van der Waals surface area contributed by atoms with E-state index in [0.717, 1.165) is 5.56 Å². The standard InChI is InChI=1S/C14H13F3N2O2/c1-8(2)9-3-5-10(6-4-9)19-12(14(15,16)17)11(7-18-19)13(20)21/h3-8H,1-2H3,(H,20,21). The molecule has 0 radical (unpaired) electrons. The lowest BCUT2D eigenvalue weighted by molar-refractivity contribution is -0.143. The molecule has 21 heavy (non-hydrogen) atoms. The summed E-state index contributed by atoms with van der Waals surface area (Å²) < 4.78 is 39.8. The van der Waals surface area contributed by atoms with Gasteiger partial charge in [0.1, 0.15) is 5.56 Å². The number of halogens is 3. The SMILES string of the molecule is CC(C)c1ccc(-n2ncc(C(=O)O)c2C(F)(F)F)cc1. The van der Waals surface area contributed by atoms with Crippen LogP contribution in [0.25, 0.3) is 5.69 Å². The van der Waals surface area contributed by atoms with E-state index in [9.17, 15) is 18.0 Å². The normalized spacial score (nSPS) is 11.9. The van der Waals surface area contributed by atoms with Gasteiger partial charge in [-0.3, -0.25) is 0 Å². The zero-order chi connectivity index (χ0) is 15.8. The summed E-state index contributed by atoms with van der Waals surface area (Å²) in [5, 5.41) is 12.4. The third-order valence-corrected chi connectivity index (χ3v) is 3.07. The highest BCUT2D eigenvalue weighted by Crippen LogP contribution is 2.33. The van der Waals surface area contributed by atoms with Crippen LogP contribution in [0.5, 0.6) is 0 Å². The van der Waals surface area contributed by atoms with Crippen LogP contribution in [0.2, 0.25) is 0 Å². The van der Waals surface area contributed by atoms with E-state index in [1.54, 1.807) is 12.1 Å². The van der Waals surface area contributed by atoms with Crippen molar-refractivity contribution >= 4 is 5.97 Å². The van der Waals surface area contributed by atoms with Crippen LogP contribution in [0.3, 0.4) is 0 Å². The Morgan fingerprint density at radius 1 is 1.24 bits per heavy atom. The first-order chi connectivity index (χ1) is 9.71. The molecule has 0 aliphatic rings. The molecule has 0 spiro atoms. The fourth-order valence-electron chi connectivity index (χ4n) is 1.97. The Bertz CT molecular complexity index is 658. The molecule has 4 nitrogen and oxygen atoms in total. The molecule has 1 aromatic carbocycles. The van der Waals surface area contributed by atoms with E-state index in [2.05, 4.69) is 5.10 Å². The number of aromatic nitrogens is 2. The molecule has 2 aromatic rings. The molecule has 0 aliphatic carbocycles. The summed E-state index contributed by atoms with van der Waals surface area (Å²) >= 11 is 0. The maximum atomic E-state index is 13.1. The Labute approximate surface area is 118 Å². The van der Waals surface area contributed by atoms with Gasteiger partial charge in [-0.25, -0.2) is 9.48 Å². The third-order valence-electron chi connectivity index (χ3n) is 3.07. The van der Waals surface area contributed by atoms with Crippen LogP contribution in [0.1, 0.15) is 41.4 Å². The largest absolute Gasteiger partial charge is 0.478 e. The van der Waals surface area contributed by atoms with Gasteiger partial charge in [0.2, 0.25) is 0 Å². The Balaban J connectivity index is 2.56. The van der Waals surface area contributed by atoms with Crippen molar-refractivity contribution in [3.05, 3.63) is 47.3 Å². The number of nitrogens with zero attached hydrogens (tertiary/aromatic N) is 2. The highest BCUT2D eigenvalue weighted by Gasteiger charge is 2.40. The number of carboxylic acids is 1. The minimum Gasteiger partial charge on any atom is -0.478 e. The predicted molar refractivity (Wildman–Crippen MR) is 69.6 cm³/mol. The highest BCUT2D eigenvalue weighted by atomic mass is 19.4. The molecule has 2 rings (SSSR count). The van der Waals surface area contributed by atoms with Gasteiger partial charge in [0, 0.05) is 0 Å². The van der Waals surface area contributed by atoms with E-state index in [1.807, 2.05) is 13.8 Å². The second-order valence-corrected chi connectivity index (χ2v) is 4.87. The number of aromatic carboxylic acids is 1. The fourth-order valence-corrected chi connectivity index (χ4v) is 1.97. The van der Waals surface area contributed by atoms with Gasteiger partial charge in [-0.1, -0.05) is 26.0 Å². The minimum atomic E-state index is -4.80. The van der Waals surface area contributed by atoms with E-state index in [4.69, 9.17) is 5.11 Å². The molecule has 0 unspecified atom stereocenters. The van der Waals surface area contributed by atoms with Crippen molar-refractivity contribution in [2.75, 3.05) is 0 Å². The van der Waals surface area contributed by atoms with E-state index >= 15 is 0 Å². The van der Waals surface area contributed by atoms with Gasteiger partial charge in [-0.2, -0.15) is 18.3 Å². The zero-order valence-corrected chi connectivity index (χ0v) is 11.3. The van der Waals surface area contributed by atoms with E-state index in [1.165, 1.54) is 12.1 Å². The molecule has 0 saturated carbocycles. The van der Waals surface area contributed by atoms with Crippen molar-refractivity contribution in [1.29, 1.82) is 0 Å². The Morgan fingerprint density at radius 3 is 2.24 bits per heavy atom. The van der Waals surface area contributed by atoms with E-state index in [0.29, 0.717) is 10.9 Å². The first-order valence-corrected chi connectivity index (χ1v) is 6.20. The molecule has 0 fully saturated rings. The van der Waals surface area contributed by atoms with Crippen molar-refractivity contribution < 1.29 is 23.1 Å². The number of carbonyl (C=O) groups is 1. The lowest BCUT2D eigenvalue weighted by atomic mass is 10.0.